The fourth-order valence-corrected chi connectivity index (χ4v) is 2.82. The van der Waals surface area contributed by atoms with Crippen molar-refractivity contribution in [2.24, 2.45) is 0 Å². The van der Waals surface area contributed by atoms with Crippen LogP contribution in [0.4, 0.5) is 30.7 Å². The van der Waals surface area contributed by atoms with Gasteiger partial charge in [0.25, 0.3) is 0 Å². The van der Waals surface area contributed by atoms with Gasteiger partial charge in [0.15, 0.2) is 0 Å². The Labute approximate surface area is 134 Å². The topological polar surface area (TPSA) is 15.3 Å². The molecule has 0 unspecified atom stereocenters. The molecule has 1 atom stereocenters. The molecular formula is C15H17F7N2. The average molecular weight is 358 g/mol. The fraction of sp³-hybridized carbons (Fsp3) is 0.600. The predicted octanol–water partition coefficient (Wildman–Crippen LogP) is 4.13. The van der Waals surface area contributed by atoms with E-state index in [2.05, 4.69) is 5.32 Å². The average Bonchev–Trinajstić information content (AvgIpc) is 2.46. The van der Waals surface area contributed by atoms with Crippen molar-refractivity contribution in [3.8, 4) is 0 Å². The van der Waals surface area contributed by atoms with Crippen LogP contribution in [0.2, 0.25) is 0 Å². The van der Waals surface area contributed by atoms with Crippen molar-refractivity contribution in [2.45, 2.75) is 31.2 Å². The second-order valence-corrected chi connectivity index (χ2v) is 5.69. The van der Waals surface area contributed by atoms with Crippen LogP contribution in [0.5, 0.6) is 0 Å². The lowest BCUT2D eigenvalue weighted by Gasteiger charge is -2.35. The van der Waals surface area contributed by atoms with Crippen molar-refractivity contribution >= 4 is 0 Å². The van der Waals surface area contributed by atoms with Crippen LogP contribution in [0.3, 0.4) is 0 Å². The number of hydrogen-bond donors (Lipinski definition) is 1. The third-order valence-corrected chi connectivity index (χ3v) is 3.98. The standard InChI is InChI=1S/C15H17F7N2/c16-12-9-10(1-2-11(12)15(20,21)22)13(3-4-14(17,18)19)24-7-5-23-6-8-24/h1-2,9,13,23H,3-8H2/t13-/m0/s1. The van der Waals surface area contributed by atoms with Crippen LogP contribution in [0.1, 0.15) is 30.0 Å². The number of nitrogens with one attached hydrogen (secondary N) is 1. The highest BCUT2D eigenvalue weighted by atomic mass is 19.4. The smallest absolute Gasteiger partial charge is 0.314 e. The van der Waals surface area contributed by atoms with Gasteiger partial charge >= 0.3 is 12.4 Å². The Kier molecular flexibility index (Phi) is 5.74. The van der Waals surface area contributed by atoms with Crippen LogP contribution in [-0.2, 0) is 6.18 Å². The molecule has 0 aromatic heterocycles. The van der Waals surface area contributed by atoms with E-state index in [1.807, 2.05) is 0 Å². The zero-order chi connectivity index (χ0) is 18.0. The summed E-state index contributed by atoms with van der Waals surface area (Å²) < 4.78 is 89.3. The summed E-state index contributed by atoms with van der Waals surface area (Å²) in [5.74, 6) is -1.47. The summed E-state index contributed by atoms with van der Waals surface area (Å²) in [6.07, 6.45) is -10.6. The summed E-state index contributed by atoms with van der Waals surface area (Å²) in [7, 11) is 0. The third-order valence-electron chi connectivity index (χ3n) is 3.98. The molecule has 24 heavy (non-hydrogen) atoms. The zero-order valence-electron chi connectivity index (χ0n) is 12.6. The van der Waals surface area contributed by atoms with Gasteiger partial charge in [0.2, 0.25) is 0 Å². The molecule has 1 aromatic rings. The Morgan fingerprint density at radius 1 is 1.04 bits per heavy atom. The molecule has 0 radical (unpaired) electrons. The molecule has 0 bridgehead atoms. The highest BCUT2D eigenvalue weighted by Gasteiger charge is 2.35. The van der Waals surface area contributed by atoms with E-state index in [1.165, 1.54) is 0 Å². The molecule has 2 rings (SSSR count). The number of nitrogens with zero attached hydrogens (tertiary/aromatic N) is 1. The van der Waals surface area contributed by atoms with Gasteiger partial charge < -0.3 is 5.32 Å². The number of halogens is 7. The lowest BCUT2D eigenvalue weighted by atomic mass is 9.97. The quantitative estimate of drug-likeness (QED) is 0.814. The van der Waals surface area contributed by atoms with Gasteiger partial charge in [-0.05, 0) is 24.1 Å². The van der Waals surface area contributed by atoms with Gasteiger partial charge in [-0.2, -0.15) is 26.3 Å². The predicted molar refractivity (Wildman–Crippen MR) is 73.9 cm³/mol. The molecule has 1 fully saturated rings. The minimum atomic E-state index is -4.83. The summed E-state index contributed by atoms with van der Waals surface area (Å²) >= 11 is 0. The Bertz CT molecular complexity index is 548. The Morgan fingerprint density at radius 3 is 2.17 bits per heavy atom. The van der Waals surface area contributed by atoms with Crippen LogP contribution in [0, 0.1) is 5.82 Å². The molecule has 9 heteroatoms. The molecule has 1 N–H and O–H groups in total. The van der Waals surface area contributed by atoms with E-state index in [1.54, 1.807) is 4.90 Å². The second kappa shape index (κ2) is 7.26. The largest absolute Gasteiger partial charge is 0.419 e. The molecule has 0 aliphatic carbocycles. The van der Waals surface area contributed by atoms with Crippen LogP contribution >= 0.6 is 0 Å². The first-order valence-corrected chi connectivity index (χ1v) is 7.46. The monoisotopic (exact) mass is 358 g/mol. The molecule has 1 aromatic carbocycles. The lowest BCUT2D eigenvalue weighted by molar-refractivity contribution is -0.140. The summed E-state index contributed by atoms with van der Waals surface area (Å²) in [6, 6.07) is 1.58. The van der Waals surface area contributed by atoms with Gasteiger partial charge in [-0.25, -0.2) is 4.39 Å². The van der Waals surface area contributed by atoms with Crippen molar-refractivity contribution in [2.75, 3.05) is 26.2 Å². The second-order valence-electron chi connectivity index (χ2n) is 5.69. The number of rotatable bonds is 4. The molecule has 136 valence electrons. The van der Waals surface area contributed by atoms with Crippen molar-refractivity contribution in [3.63, 3.8) is 0 Å². The van der Waals surface area contributed by atoms with E-state index in [-0.39, 0.29) is 12.0 Å². The highest BCUT2D eigenvalue weighted by molar-refractivity contribution is 5.28. The first-order valence-electron chi connectivity index (χ1n) is 7.46. The minimum Gasteiger partial charge on any atom is -0.314 e. The number of benzene rings is 1. The van der Waals surface area contributed by atoms with Gasteiger partial charge in [-0.15, -0.1) is 0 Å². The first kappa shape index (κ1) is 19.0. The molecule has 0 amide bonds. The van der Waals surface area contributed by atoms with E-state index < -0.39 is 36.2 Å². The van der Waals surface area contributed by atoms with Crippen LogP contribution in [-0.4, -0.2) is 37.3 Å². The summed E-state index contributed by atoms with van der Waals surface area (Å²) in [6.45, 7) is 2.02. The van der Waals surface area contributed by atoms with Crippen molar-refractivity contribution < 1.29 is 30.7 Å². The van der Waals surface area contributed by atoms with E-state index in [9.17, 15) is 30.7 Å². The lowest BCUT2D eigenvalue weighted by Crippen LogP contribution is -2.45. The molecule has 1 saturated heterocycles. The van der Waals surface area contributed by atoms with Crippen LogP contribution in [0.25, 0.3) is 0 Å². The summed E-state index contributed by atoms with van der Waals surface area (Å²) in [5.41, 5.74) is -1.28. The number of piperazine rings is 1. The Morgan fingerprint density at radius 2 is 1.67 bits per heavy atom. The van der Waals surface area contributed by atoms with E-state index in [0.717, 1.165) is 6.07 Å². The third kappa shape index (κ3) is 5.07. The van der Waals surface area contributed by atoms with Crippen molar-refractivity contribution in [3.05, 3.63) is 35.1 Å². The molecular weight excluding hydrogens is 341 g/mol. The maximum atomic E-state index is 13.8. The SMILES string of the molecule is Fc1cc([C@H](CCC(F)(F)F)N2CCNCC2)ccc1C(F)(F)F. The van der Waals surface area contributed by atoms with Gasteiger partial charge in [-0.1, -0.05) is 6.07 Å². The van der Waals surface area contributed by atoms with Gasteiger partial charge in [0.05, 0.1) is 5.56 Å². The molecule has 0 saturated carbocycles. The van der Waals surface area contributed by atoms with E-state index >= 15 is 0 Å². The molecule has 1 aliphatic rings. The molecule has 2 nitrogen and oxygen atoms in total. The van der Waals surface area contributed by atoms with Gasteiger partial charge in [0, 0.05) is 38.6 Å². The fourth-order valence-electron chi connectivity index (χ4n) is 2.82. The Balaban J connectivity index is 2.26. The van der Waals surface area contributed by atoms with Crippen LogP contribution < -0.4 is 5.32 Å². The first-order chi connectivity index (χ1) is 11.1. The zero-order valence-corrected chi connectivity index (χ0v) is 12.6. The maximum Gasteiger partial charge on any atom is 0.419 e. The maximum absolute atomic E-state index is 13.8. The highest BCUT2D eigenvalue weighted by Crippen LogP contribution is 2.36. The molecule has 1 aliphatic heterocycles. The van der Waals surface area contributed by atoms with Crippen LogP contribution in [0.15, 0.2) is 18.2 Å². The van der Waals surface area contributed by atoms with Crippen molar-refractivity contribution in [1.82, 2.24) is 10.2 Å². The summed E-state index contributed by atoms with van der Waals surface area (Å²) in [4.78, 5) is 1.74. The normalized spacial score (nSPS) is 18.6. The minimum absolute atomic E-state index is 0.131. The van der Waals surface area contributed by atoms with Gasteiger partial charge in [0.1, 0.15) is 5.82 Å². The van der Waals surface area contributed by atoms with Gasteiger partial charge in [-0.3, -0.25) is 4.90 Å². The molecule has 0 spiro atoms. The van der Waals surface area contributed by atoms with Crippen molar-refractivity contribution in [1.29, 1.82) is 0 Å². The number of hydrogen-bond acceptors (Lipinski definition) is 2. The van der Waals surface area contributed by atoms with E-state index in [4.69, 9.17) is 0 Å². The molecule has 1 heterocycles. The number of alkyl halides is 6. The summed E-state index contributed by atoms with van der Waals surface area (Å²) in [5, 5.41) is 3.05. The Hall–Kier alpha value is -1.35. The van der Waals surface area contributed by atoms with E-state index in [0.29, 0.717) is 38.3 Å².